The third kappa shape index (κ3) is 10.5. The molecule has 6 rings (SSSR count). The number of thiazole rings is 1. The maximum absolute atomic E-state index is 14.3. The number of pyridine rings is 1. The number of amides is 2. The van der Waals surface area contributed by atoms with Crippen molar-refractivity contribution in [2.45, 2.75) is 52.0 Å². The van der Waals surface area contributed by atoms with Gasteiger partial charge in [-0.3, -0.25) is 24.1 Å². The average molecular weight is 799 g/mol. The number of carbonyl (C=O) groups excluding carboxylic acids is 2. The summed E-state index contributed by atoms with van der Waals surface area (Å²) >= 11 is 1.36. The van der Waals surface area contributed by atoms with Gasteiger partial charge in [-0.25, -0.2) is 14.6 Å². The predicted octanol–water partition coefficient (Wildman–Crippen LogP) is 3.71. The summed E-state index contributed by atoms with van der Waals surface area (Å²) in [6.07, 6.45) is 6.93. The smallest absolute Gasteiger partial charge is 0.267 e. The van der Waals surface area contributed by atoms with E-state index in [0.29, 0.717) is 83.7 Å². The van der Waals surface area contributed by atoms with Crippen molar-refractivity contribution in [3.63, 3.8) is 0 Å². The second-order valence-corrected chi connectivity index (χ2v) is 16.9. The lowest BCUT2D eigenvalue weighted by Gasteiger charge is -2.34. The van der Waals surface area contributed by atoms with Crippen LogP contribution in [-0.4, -0.2) is 117 Å². The normalized spacial score (nSPS) is 15.0. The molecule has 3 N–H and O–H groups in total. The SMILES string of the molecule is COc1ccc(Cn2nnnc2C=Cc2c(N3CCCC(CC(=O)NCC[N+](C)(C)CCO)C3)nc3cc(C(=O)Nc4nc(C(C)(C)C)cs4)ccn3c2=O)cc1. The highest BCUT2D eigenvalue weighted by Crippen LogP contribution is 2.29. The fourth-order valence-electron chi connectivity index (χ4n) is 6.66. The molecule has 4 aromatic heterocycles. The van der Waals surface area contributed by atoms with Crippen LogP contribution < -0.4 is 25.8 Å². The molecule has 16 nitrogen and oxygen atoms in total. The number of fused-ring (bicyclic) bond motifs is 1. The zero-order valence-electron chi connectivity index (χ0n) is 33.4. The number of carbonyl (C=O) groups is 2. The number of aliphatic hydroxyl groups excluding tert-OH is 1. The summed E-state index contributed by atoms with van der Waals surface area (Å²) in [5.74, 6) is 1.27. The van der Waals surface area contributed by atoms with E-state index in [9.17, 15) is 19.5 Å². The molecule has 1 atom stereocenters. The average Bonchev–Trinajstić information content (AvgIpc) is 3.84. The minimum Gasteiger partial charge on any atom is -0.497 e. The van der Waals surface area contributed by atoms with E-state index in [1.165, 1.54) is 15.7 Å². The molecule has 57 heavy (non-hydrogen) atoms. The van der Waals surface area contributed by atoms with Gasteiger partial charge in [0, 0.05) is 42.1 Å². The molecule has 1 aliphatic heterocycles. The number of hydrogen-bond donors (Lipinski definition) is 3. The fourth-order valence-corrected chi connectivity index (χ4v) is 7.59. The van der Waals surface area contributed by atoms with Gasteiger partial charge < -0.3 is 24.5 Å². The highest BCUT2D eigenvalue weighted by atomic mass is 32.1. The standard InChI is InChI=1S/C40H51N11O5S/c1-40(2,3)32-26-57-39(42-32)44-37(54)29-15-18-49-34(23-29)43-36(48-17-7-8-28(24-48)22-35(53)41-16-19-51(4,5)20-21-52)31(38(49)55)13-14-33-45-46-47-50(33)25-27-9-11-30(56-6)12-10-27/h9-15,18,23,26,28,52H,7-8,16-17,19-22,24-25H2,1-6H3,(H-,41,42,44,53,54)/p+1. The Morgan fingerprint density at radius 1 is 1.11 bits per heavy atom. The summed E-state index contributed by atoms with van der Waals surface area (Å²) in [6, 6.07) is 10.8. The lowest BCUT2D eigenvalue weighted by atomic mass is 9.93. The number of tetrazole rings is 1. The number of aromatic nitrogens is 7. The summed E-state index contributed by atoms with van der Waals surface area (Å²) < 4.78 is 8.95. The molecule has 1 aromatic carbocycles. The van der Waals surface area contributed by atoms with Crippen LogP contribution in [0.5, 0.6) is 5.75 Å². The quantitative estimate of drug-likeness (QED) is 0.131. The third-order valence-electron chi connectivity index (χ3n) is 10.1. The molecule has 1 saturated heterocycles. The summed E-state index contributed by atoms with van der Waals surface area (Å²) in [6.45, 7) is 9.64. The van der Waals surface area contributed by atoms with Crippen LogP contribution in [0.4, 0.5) is 10.9 Å². The number of benzene rings is 1. The molecule has 5 heterocycles. The van der Waals surface area contributed by atoms with Crippen LogP contribution in [0.1, 0.15) is 73.0 Å². The minimum absolute atomic E-state index is 0.0287. The Hall–Kier alpha value is -5.52. The van der Waals surface area contributed by atoms with Crippen LogP contribution in [0.2, 0.25) is 0 Å². The number of nitrogens with one attached hydrogen (secondary N) is 2. The molecule has 0 spiro atoms. The first-order valence-corrected chi connectivity index (χ1v) is 20.0. The Morgan fingerprint density at radius 2 is 1.89 bits per heavy atom. The molecule has 17 heteroatoms. The molecular formula is C40H52N11O5S+. The predicted molar refractivity (Wildman–Crippen MR) is 221 cm³/mol. The Morgan fingerprint density at radius 3 is 2.61 bits per heavy atom. The molecule has 302 valence electrons. The van der Waals surface area contributed by atoms with Crippen molar-refractivity contribution >= 4 is 51.9 Å². The number of methoxy groups -OCH3 is 1. The van der Waals surface area contributed by atoms with E-state index in [1.54, 1.807) is 42.3 Å². The Balaban J connectivity index is 1.28. The molecule has 5 aromatic rings. The van der Waals surface area contributed by atoms with Gasteiger partial charge in [0.05, 0.1) is 58.7 Å². The van der Waals surface area contributed by atoms with Crippen LogP contribution in [-0.2, 0) is 16.8 Å². The first kappa shape index (κ1) is 41.1. The summed E-state index contributed by atoms with van der Waals surface area (Å²) in [5.41, 5.74) is 2.32. The topological polar surface area (TPSA) is 182 Å². The zero-order chi connectivity index (χ0) is 40.7. The molecule has 1 aliphatic rings. The summed E-state index contributed by atoms with van der Waals surface area (Å²) in [4.78, 5) is 52.5. The Kier molecular flexibility index (Phi) is 12.8. The molecule has 1 fully saturated rings. The maximum Gasteiger partial charge on any atom is 0.267 e. The van der Waals surface area contributed by atoms with Crippen molar-refractivity contribution in [2.24, 2.45) is 5.92 Å². The van der Waals surface area contributed by atoms with E-state index in [1.807, 2.05) is 43.7 Å². The van der Waals surface area contributed by atoms with Crippen molar-refractivity contribution < 1.29 is 23.9 Å². The second kappa shape index (κ2) is 17.7. The Labute approximate surface area is 335 Å². The van der Waals surface area contributed by atoms with Crippen LogP contribution >= 0.6 is 11.3 Å². The lowest BCUT2D eigenvalue weighted by Crippen LogP contribution is -2.47. The van der Waals surface area contributed by atoms with Crippen LogP contribution in [0.15, 0.2) is 52.8 Å². The van der Waals surface area contributed by atoms with E-state index in [4.69, 9.17) is 9.72 Å². The molecule has 0 aliphatic carbocycles. The van der Waals surface area contributed by atoms with Crippen LogP contribution in [0.25, 0.3) is 17.8 Å². The highest BCUT2D eigenvalue weighted by molar-refractivity contribution is 7.14. The second-order valence-electron chi connectivity index (χ2n) is 16.0. The monoisotopic (exact) mass is 798 g/mol. The summed E-state index contributed by atoms with van der Waals surface area (Å²) in [5, 5.41) is 30.0. The number of likely N-dealkylation sites (N-methyl/N-ethyl adjacent to an activating group) is 1. The molecule has 0 bridgehead atoms. The van der Waals surface area contributed by atoms with Gasteiger partial charge in [0.15, 0.2) is 11.0 Å². The number of hydrogen-bond acceptors (Lipinski definition) is 12. The van der Waals surface area contributed by atoms with E-state index in [0.717, 1.165) is 29.8 Å². The number of rotatable bonds is 15. The lowest BCUT2D eigenvalue weighted by molar-refractivity contribution is -0.889. The Bertz CT molecular complexity index is 2270. The van der Waals surface area contributed by atoms with Crippen molar-refractivity contribution in [3.8, 4) is 5.75 Å². The minimum atomic E-state index is -0.363. The van der Waals surface area contributed by atoms with E-state index < -0.39 is 0 Å². The van der Waals surface area contributed by atoms with E-state index in [-0.39, 0.29) is 35.3 Å². The van der Waals surface area contributed by atoms with Crippen molar-refractivity contribution in [1.82, 2.24) is 39.9 Å². The van der Waals surface area contributed by atoms with Gasteiger partial charge in [-0.05, 0) is 71.2 Å². The number of quaternary nitrogens is 1. The maximum atomic E-state index is 14.3. The molecule has 0 radical (unpaired) electrons. The van der Waals surface area contributed by atoms with Crippen molar-refractivity contribution in [1.29, 1.82) is 0 Å². The van der Waals surface area contributed by atoms with Gasteiger partial charge in [-0.1, -0.05) is 32.9 Å². The van der Waals surface area contributed by atoms with E-state index >= 15 is 0 Å². The van der Waals surface area contributed by atoms with Crippen molar-refractivity contribution in [3.05, 3.63) is 86.5 Å². The molecule has 0 saturated carbocycles. The number of piperidine rings is 1. The van der Waals surface area contributed by atoms with Gasteiger partial charge in [-0.2, -0.15) is 0 Å². The van der Waals surface area contributed by atoms with E-state index in [2.05, 4.69) is 56.8 Å². The number of anilines is 2. The first-order chi connectivity index (χ1) is 27.2. The highest BCUT2D eigenvalue weighted by Gasteiger charge is 2.27. The number of ether oxygens (including phenoxy) is 1. The van der Waals surface area contributed by atoms with Gasteiger partial charge >= 0.3 is 0 Å². The van der Waals surface area contributed by atoms with Crippen LogP contribution in [0, 0.1) is 5.92 Å². The summed E-state index contributed by atoms with van der Waals surface area (Å²) in [7, 11) is 5.66. The van der Waals surface area contributed by atoms with Gasteiger partial charge in [0.25, 0.3) is 11.5 Å². The molecule has 1 unspecified atom stereocenters. The van der Waals surface area contributed by atoms with Gasteiger partial charge in [0.2, 0.25) is 5.91 Å². The zero-order valence-corrected chi connectivity index (χ0v) is 34.3. The van der Waals surface area contributed by atoms with Gasteiger partial charge in [0.1, 0.15) is 23.8 Å². The largest absolute Gasteiger partial charge is 0.497 e. The molecular weight excluding hydrogens is 747 g/mol. The number of aliphatic hydroxyl groups is 1. The fraction of sp³-hybridized carbons (Fsp3) is 0.450. The molecule has 2 amide bonds. The van der Waals surface area contributed by atoms with Gasteiger partial charge in [-0.15, -0.1) is 16.4 Å². The number of nitrogens with zero attached hydrogens (tertiary/aromatic N) is 9. The van der Waals surface area contributed by atoms with Crippen LogP contribution in [0.3, 0.4) is 0 Å². The first-order valence-electron chi connectivity index (χ1n) is 19.1. The third-order valence-corrected chi connectivity index (χ3v) is 10.8. The van der Waals surface area contributed by atoms with Crippen molar-refractivity contribution in [2.75, 3.05) is 70.8 Å².